The first-order chi connectivity index (χ1) is 14.0. The molecule has 0 unspecified atom stereocenters. The van der Waals surface area contributed by atoms with Crippen molar-refractivity contribution in [1.29, 1.82) is 0 Å². The van der Waals surface area contributed by atoms with Gasteiger partial charge in [0.05, 0.1) is 6.04 Å². The summed E-state index contributed by atoms with van der Waals surface area (Å²) in [7, 11) is 0. The van der Waals surface area contributed by atoms with Crippen molar-refractivity contribution in [3.8, 4) is 0 Å². The molecule has 0 bridgehead atoms. The molecule has 0 radical (unpaired) electrons. The van der Waals surface area contributed by atoms with Crippen LogP contribution in [-0.4, -0.2) is 34.0 Å². The van der Waals surface area contributed by atoms with Crippen LogP contribution in [-0.2, 0) is 15.0 Å². The number of benzene rings is 2. The van der Waals surface area contributed by atoms with Gasteiger partial charge in [-0.3, -0.25) is 9.59 Å². The highest BCUT2D eigenvalue weighted by Crippen LogP contribution is 2.55. The number of nitrogens with zero attached hydrogens (tertiary/aromatic N) is 1. The summed E-state index contributed by atoms with van der Waals surface area (Å²) < 4.78 is 13.6. The van der Waals surface area contributed by atoms with E-state index in [9.17, 15) is 19.1 Å². The lowest BCUT2D eigenvalue weighted by molar-refractivity contribution is -0.152. The second-order valence-corrected chi connectivity index (χ2v) is 8.41. The highest BCUT2D eigenvalue weighted by atomic mass is 19.1. The SMILES string of the molecule is O=C(N1CC[C@]2(C(=O)Nc3ccccc32)[C@@H]1c1ccc(F)cc1)C1(O)CCCC1. The molecule has 2 aromatic carbocycles. The predicted molar refractivity (Wildman–Crippen MR) is 106 cm³/mol. The number of hydrogen-bond acceptors (Lipinski definition) is 3. The molecule has 0 aromatic heterocycles. The van der Waals surface area contributed by atoms with Crippen LogP contribution in [0.4, 0.5) is 10.1 Å². The molecule has 2 heterocycles. The Morgan fingerprint density at radius 1 is 1.07 bits per heavy atom. The zero-order valence-electron chi connectivity index (χ0n) is 16.0. The van der Waals surface area contributed by atoms with Crippen LogP contribution < -0.4 is 5.32 Å². The number of halogens is 1. The van der Waals surface area contributed by atoms with Crippen LogP contribution in [0.2, 0.25) is 0 Å². The van der Waals surface area contributed by atoms with Crippen LogP contribution >= 0.6 is 0 Å². The number of anilines is 1. The molecule has 2 N–H and O–H groups in total. The molecule has 2 aromatic rings. The van der Waals surface area contributed by atoms with Crippen molar-refractivity contribution in [2.24, 2.45) is 0 Å². The third-order valence-corrected chi connectivity index (χ3v) is 6.86. The Morgan fingerprint density at radius 3 is 2.48 bits per heavy atom. The smallest absolute Gasteiger partial charge is 0.255 e. The summed E-state index contributed by atoms with van der Waals surface area (Å²) >= 11 is 0. The van der Waals surface area contributed by atoms with Crippen molar-refractivity contribution in [2.75, 3.05) is 11.9 Å². The van der Waals surface area contributed by atoms with Crippen LogP contribution in [0.25, 0.3) is 0 Å². The molecule has 5 rings (SSSR count). The molecular weight excluding hydrogens is 371 g/mol. The van der Waals surface area contributed by atoms with Crippen LogP contribution in [0.5, 0.6) is 0 Å². The first kappa shape index (κ1) is 18.3. The second kappa shape index (κ2) is 6.39. The molecule has 1 spiro atoms. The average Bonchev–Trinajstić information content (AvgIpc) is 3.41. The molecule has 1 saturated carbocycles. The van der Waals surface area contributed by atoms with E-state index in [1.807, 2.05) is 24.3 Å². The minimum atomic E-state index is -1.38. The third-order valence-electron chi connectivity index (χ3n) is 6.86. The fourth-order valence-electron chi connectivity index (χ4n) is 5.46. The van der Waals surface area contributed by atoms with E-state index in [4.69, 9.17) is 0 Å². The lowest BCUT2D eigenvalue weighted by Gasteiger charge is -2.37. The quantitative estimate of drug-likeness (QED) is 0.821. The first-order valence-electron chi connectivity index (χ1n) is 10.2. The lowest BCUT2D eigenvalue weighted by Crippen LogP contribution is -2.50. The maximum absolute atomic E-state index is 13.6. The van der Waals surface area contributed by atoms with Gasteiger partial charge in [0.15, 0.2) is 0 Å². The molecule has 2 aliphatic heterocycles. The number of likely N-dealkylation sites (tertiary alicyclic amines) is 1. The summed E-state index contributed by atoms with van der Waals surface area (Å²) in [4.78, 5) is 28.4. The summed E-state index contributed by atoms with van der Waals surface area (Å²) in [5.41, 5.74) is -0.0190. The first-order valence-corrected chi connectivity index (χ1v) is 10.2. The topological polar surface area (TPSA) is 69.6 Å². The minimum absolute atomic E-state index is 0.151. The Bertz CT molecular complexity index is 984. The highest BCUT2D eigenvalue weighted by molar-refractivity contribution is 6.08. The standard InChI is InChI=1S/C23H23FN2O3/c24-16-9-7-15(8-10-16)19-23(17-5-1-2-6-18(17)25-20(23)27)13-14-26(19)21(28)22(29)11-3-4-12-22/h1-2,5-10,19,29H,3-4,11-14H2,(H,25,27)/t19-,23+/m0/s1. The van der Waals surface area contributed by atoms with Crippen molar-refractivity contribution in [3.05, 3.63) is 65.5 Å². The summed E-state index contributed by atoms with van der Waals surface area (Å²) in [5, 5.41) is 13.9. The number of carbonyl (C=O) groups excluding carboxylic acids is 2. The molecule has 2 atom stereocenters. The Kier molecular flexibility index (Phi) is 4.03. The molecule has 6 heteroatoms. The molecule has 150 valence electrons. The van der Waals surface area contributed by atoms with Crippen molar-refractivity contribution in [2.45, 2.75) is 49.2 Å². The van der Waals surface area contributed by atoms with Crippen molar-refractivity contribution < 1.29 is 19.1 Å². The van der Waals surface area contributed by atoms with Gasteiger partial charge in [-0.05, 0) is 61.4 Å². The highest BCUT2D eigenvalue weighted by Gasteiger charge is 2.61. The van der Waals surface area contributed by atoms with E-state index < -0.39 is 17.1 Å². The number of para-hydroxylation sites is 1. The number of rotatable bonds is 2. The van der Waals surface area contributed by atoms with Crippen LogP contribution in [0.15, 0.2) is 48.5 Å². The monoisotopic (exact) mass is 394 g/mol. The fraction of sp³-hybridized carbons (Fsp3) is 0.391. The van der Waals surface area contributed by atoms with E-state index in [2.05, 4.69) is 5.32 Å². The maximum atomic E-state index is 13.6. The van der Waals surface area contributed by atoms with E-state index in [0.29, 0.717) is 31.4 Å². The Balaban J connectivity index is 1.66. The van der Waals surface area contributed by atoms with Gasteiger partial charge in [-0.25, -0.2) is 4.39 Å². The van der Waals surface area contributed by atoms with Gasteiger partial charge in [-0.2, -0.15) is 0 Å². The van der Waals surface area contributed by atoms with E-state index in [1.165, 1.54) is 12.1 Å². The van der Waals surface area contributed by atoms with E-state index >= 15 is 0 Å². The van der Waals surface area contributed by atoms with Gasteiger partial charge >= 0.3 is 0 Å². The molecule has 1 saturated heterocycles. The second-order valence-electron chi connectivity index (χ2n) is 8.41. The lowest BCUT2D eigenvalue weighted by atomic mass is 9.72. The normalized spacial score (nSPS) is 27.3. The Labute approximate surface area is 168 Å². The number of amides is 2. The largest absolute Gasteiger partial charge is 0.380 e. The van der Waals surface area contributed by atoms with Gasteiger partial charge in [0.2, 0.25) is 5.91 Å². The summed E-state index contributed by atoms with van der Waals surface area (Å²) in [5.74, 6) is -0.843. The average molecular weight is 394 g/mol. The van der Waals surface area contributed by atoms with Gasteiger partial charge < -0.3 is 15.3 Å². The third kappa shape index (κ3) is 2.55. The zero-order chi connectivity index (χ0) is 20.2. The molecular formula is C23H23FN2O3. The molecule has 2 fully saturated rings. The van der Waals surface area contributed by atoms with E-state index in [0.717, 1.165) is 24.1 Å². The summed E-state index contributed by atoms with van der Waals surface area (Å²) in [6.07, 6.45) is 2.96. The summed E-state index contributed by atoms with van der Waals surface area (Å²) in [6, 6.07) is 12.9. The summed E-state index contributed by atoms with van der Waals surface area (Å²) in [6.45, 7) is 0.366. The van der Waals surface area contributed by atoms with Crippen molar-refractivity contribution in [3.63, 3.8) is 0 Å². The van der Waals surface area contributed by atoms with Crippen LogP contribution in [0.3, 0.4) is 0 Å². The molecule has 29 heavy (non-hydrogen) atoms. The maximum Gasteiger partial charge on any atom is 0.255 e. The van der Waals surface area contributed by atoms with Gasteiger partial charge in [0.1, 0.15) is 16.8 Å². The zero-order valence-corrected chi connectivity index (χ0v) is 16.0. The predicted octanol–water partition coefficient (Wildman–Crippen LogP) is 3.29. The van der Waals surface area contributed by atoms with E-state index in [-0.39, 0.29) is 17.6 Å². The van der Waals surface area contributed by atoms with Crippen molar-refractivity contribution >= 4 is 17.5 Å². The van der Waals surface area contributed by atoms with Gasteiger partial charge in [0, 0.05) is 12.2 Å². The number of fused-ring (bicyclic) bond motifs is 2. The number of carbonyl (C=O) groups is 2. The van der Waals surface area contributed by atoms with Gasteiger partial charge in [0.25, 0.3) is 5.91 Å². The molecule has 3 aliphatic rings. The van der Waals surface area contributed by atoms with Gasteiger partial charge in [-0.15, -0.1) is 0 Å². The number of nitrogens with one attached hydrogen (secondary N) is 1. The molecule has 5 nitrogen and oxygen atoms in total. The molecule has 1 aliphatic carbocycles. The molecule has 2 amide bonds. The fourth-order valence-corrected chi connectivity index (χ4v) is 5.46. The van der Waals surface area contributed by atoms with Crippen LogP contribution in [0.1, 0.15) is 49.3 Å². The minimum Gasteiger partial charge on any atom is -0.380 e. The van der Waals surface area contributed by atoms with Crippen molar-refractivity contribution in [1.82, 2.24) is 4.90 Å². The van der Waals surface area contributed by atoms with Crippen LogP contribution in [0, 0.1) is 5.82 Å². The number of hydrogen-bond donors (Lipinski definition) is 2. The van der Waals surface area contributed by atoms with Gasteiger partial charge in [-0.1, -0.05) is 30.3 Å². The van der Waals surface area contributed by atoms with E-state index in [1.54, 1.807) is 17.0 Å². The number of aliphatic hydroxyl groups is 1. The Hall–Kier alpha value is -2.73. The Morgan fingerprint density at radius 2 is 1.76 bits per heavy atom.